The van der Waals surface area contributed by atoms with Crippen LogP contribution in [0.4, 0.5) is 8.78 Å². The normalized spacial score (nSPS) is 12.9. The van der Waals surface area contributed by atoms with Gasteiger partial charge < -0.3 is 0 Å². The Labute approximate surface area is 91.1 Å². The lowest BCUT2D eigenvalue weighted by atomic mass is 9.81. The van der Waals surface area contributed by atoms with E-state index in [0.717, 1.165) is 5.56 Å². The van der Waals surface area contributed by atoms with E-state index in [1.165, 1.54) is 6.07 Å². The van der Waals surface area contributed by atoms with Gasteiger partial charge in [0.1, 0.15) is 0 Å². The molecule has 1 aromatic rings. The third-order valence-electron chi connectivity index (χ3n) is 2.46. The van der Waals surface area contributed by atoms with Crippen molar-refractivity contribution in [3.05, 3.63) is 34.9 Å². The van der Waals surface area contributed by atoms with E-state index in [2.05, 4.69) is 0 Å². The van der Waals surface area contributed by atoms with Crippen LogP contribution in [0.15, 0.2) is 18.2 Å². The number of rotatable bonds is 1. The maximum absolute atomic E-state index is 13.1. The summed E-state index contributed by atoms with van der Waals surface area (Å²) in [5.74, 6) is -3.26. The third kappa shape index (κ3) is 2.80. The van der Waals surface area contributed by atoms with E-state index < -0.39 is 5.82 Å². The summed E-state index contributed by atoms with van der Waals surface area (Å²) in [6.07, 6.45) is 0. The molecule has 2 radical (unpaired) electrons. The van der Waals surface area contributed by atoms with Gasteiger partial charge in [-0.3, -0.25) is 0 Å². The van der Waals surface area contributed by atoms with Crippen molar-refractivity contribution < 1.29 is 8.78 Å². The van der Waals surface area contributed by atoms with Crippen molar-refractivity contribution in [3.63, 3.8) is 0 Å². The molecule has 1 rings (SSSR count). The monoisotopic (exact) mass is 208 g/mol. The summed E-state index contributed by atoms with van der Waals surface area (Å²) in [6.45, 7) is 7.59. The van der Waals surface area contributed by atoms with Gasteiger partial charge in [-0.2, -0.15) is 0 Å². The lowest BCUT2D eigenvalue weighted by Crippen LogP contribution is -2.18. The molecule has 15 heavy (non-hydrogen) atoms. The topological polar surface area (TPSA) is 0 Å². The van der Waals surface area contributed by atoms with E-state index in [1.54, 1.807) is 13.0 Å². The van der Waals surface area contributed by atoms with Crippen LogP contribution in [0.2, 0.25) is 0 Å². The Morgan fingerprint density at radius 1 is 1.13 bits per heavy atom. The number of hydrogen-bond donors (Lipinski definition) is 0. The number of halogens is 2. The summed E-state index contributed by atoms with van der Waals surface area (Å²) < 4.78 is 26.1. The Balaban J connectivity index is 3.30. The molecule has 0 unspecified atom stereocenters. The zero-order valence-corrected chi connectivity index (χ0v) is 9.57. The molecule has 0 heterocycles. The molecule has 0 spiro atoms. The van der Waals surface area contributed by atoms with Crippen molar-refractivity contribution in [2.45, 2.75) is 38.9 Å². The molecule has 3 heteroatoms. The van der Waals surface area contributed by atoms with E-state index in [9.17, 15) is 8.78 Å². The van der Waals surface area contributed by atoms with Crippen LogP contribution in [0.25, 0.3) is 0 Å². The van der Waals surface area contributed by atoms with Gasteiger partial charge in [0.15, 0.2) is 7.85 Å². The second kappa shape index (κ2) is 3.62. The van der Waals surface area contributed by atoms with Crippen LogP contribution in [0.1, 0.15) is 37.5 Å². The molecular formula is C12H15BF2. The quantitative estimate of drug-likeness (QED) is 0.619. The smallest absolute Gasteiger partial charge is 0.214 e. The average Bonchev–Trinajstić information content (AvgIpc) is 2.00. The lowest BCUT2D eigenvalue weighted by Gasteiger charge is -2.23. The molecule has 0 fully saturated rings. The van der Waals surface area contributed by atoms with Crippen LogP contribution in [0, 0.1) is 6.92 Å². The molecule has 0 aromatic heterocycles. The fourth-order valence-electron chi connectivity index (χ4n) is 1.45. The summed E-state index contributed by atoms with van der Waals surface area (Å²) in [5.41, 5.74) is 1.16. The lowest BCUT2D eigenvalue weighted by molar-refractivity contribution is 0.0932. The molecule has 0 bridgehead atoms. The van der Waals surface area contributed by atoms with Crippen molar-refractivity contribution in [2.75, 3.05) is 0 Å². The Hall–Kier alpha value is -0.855. The molecule has 0 aliphatic heterocycles. The molecule has 0 atom stereocenters. The molecule has 0 amide bonds. The summed E-state index contributed by atoms with van der Waals surface area (Å²) >= 11 is 0. The van der Waals surface area contributed by atoms with E-state index in [-0.39, 0.29) is 11.0 Å². The Bertz CT molecular complexity index is 359. The highest BCUT2D eigenvalue weighted by Crippen LogP contribution is 2.31. The summed E-state index contributed by atoms with van der Waals surface area (Å²) in [5, 5.41) is 0. The first-order chi connectivity index (χ1) is 6.62. The third-order valence-corrected chi connectivity index (χ3v) is 2.46. The van der Waals surface area contributed by atoms with Gasteiger partial charge in [0.25, 0.3) is 0 Å². The Kier molecular flexibility index (Phi) is 2.95. The molecule has 0 N–H and O–H groups in total. The van der Waals surface area contributed by atoms with Gasteiger partial charge >= 0.3 is 0 Å². The number of benzene rings is 1. The van der Waals surface area contributed by atoms with Gasteiger partial charge in [0.2, 0.25) is 5.82 Å². The van der Waals surface area contributed by atoms with Crippen molar-refractivity contribution in [3.8, 4) is 0 Å². The zero-order valence-electron chi connectivity index (χ0n) is 9.57. The standard InChI is InChI=1S/C12H15BF2/c1-8-5-6-9(11(2,3)4)7-10(8)12(13,14)15/h5-7H,1-4H3. The molecular weight excluding hydrogens is 193 g/mol. The van der Waals surface area contributed by atoms with Gasteiger partial charge in [-0.25, -0.2) is 8.78 Å². The molecule has 0 aliphatic rings. The molecule has 1 aromatic carbocycles. The minimum Gasteiger partial charge on any atom is -0.214 e. The van der Waals surface area contributed by atoms with E-state index in [4.69, 9.17) is 7.85 Å². The van der Waals surface area contributed by atoms with E-state index in [0.29, 0.717) is 5.56 Å². The summed E-state index contributed by atoms with van der Waals surface area (Å²) in [4.78, 5) is 0. The van der Waals surface area contributed by atoms with Crippen molar-refractivity contribution in [1.29, 1.82) is 0 Å². The largest absolute Gasteiger partial charge is 0.224 e. The van der Waals surface area contributed by atoms with Crippen LogP contribution >= 0.6 is 0 Å². The highest BCUT2D eigenvalue weighted by Gasteiger charge is 2.27. The second-order valence-corrected chi connectivity index (χ2v) is 4.90. The zero-order chi connectivity index (χ0) is 11.9. The summed E-state index contributed by atoms with van der Waals surface area (Å²) in [7, 11) is 4.84. The predicted octanol–water partition coefficient (Wildman–Crippen LogP) is 3.51. The van der Waals surface area contributed by atoms with Crippen LogP contribution in [0.5, 0.6) is 0 Å². The summed E-state index contributed by atoms with van der Waals surface area (Å²) in [6, 6.07) is 5.05. The van der Waals surface area contributed by atoms with Gasteiger partial charge in [-0.05, 0) is 29.5 Å². The second-order valence-electron chi connectivity index (χ2n) is 4.90. The van der Waals surface area contributed by atoms with Crippen LogP contribution < -0.4 is 0 Å². The number of alkyl halides is 2. The fraction of sp³-hybridized carbons (Fsp3) is 0.500. The molecule has 0 saturated heterocycles. The average molecular weight is 208 g/mol. The highest BCUT2D eigenvalue weighted by molar-refractivity contribution is 6.13. The van der Waals surface area contributed by atoms with Crippen LogP contribution in [0.3, 0.4) is 0 Å². The van der Waals surface area contributed by atoms with Crippen LogP contribution in [-0.4, -0.2) is 7.85 Å². The molecule has 0 nitrogen and oxygen atoms in total. The van der Waals surface area contributed by atoms with Crippen molar-refractivity contribution >= 4 is 7.85 Å². The highest BCUT2D eigenvalue weighted by atomic mass is 19.3. The molecule has 0 saturated carbocycles. The van der Waals surface area contributed by atoms with Gasteiger partial charge in [-0.1, -0.05) is 32.9 Å². The molecule has 0 aliphatic carbocycles. The Morgan fingerprint density at radius 3 is 2.07 bits per heavy atom. The Morgan fingerprint density at radius 2 is 1.67 bits per heavy atom. The first-order valence-corrected chi connectivity index (χ1v) is 4.90. The minimum atomic E-state index is -3.26. The van der Waals surface area contributed by atoms with Crippen molar-refractivity contribution in [2.24, 2.45) is 0 Å². The SMILES string of the molecule is [B]C(F)(F)c1cc(C(C)(C)C)ccc1C. The number of aryl methyl sites for hydroxylation is 1. The fourth-order valence-corrected chi connectivity index (χ4v) is 1.45. The van der Waals surface area contributed by atoms with Gasteiger partial charge in [0.05, 0.1) is 0 Å². The minimum absolute atomic E-state index is 0.0880. The maximum atomic E-state index is 13.1. The van der Waals surface area contributed by atoms with E-state index in [1.807, 2.05) is 26.8 Å². The predicted molar refractivity (Wildman–Crippen MR) is 59.5 cm³/mol. The maximum Gasteiger partial charge on any atom is 0.224 e. The van der Waals surface area contributed by atoms with Gasteiger partial charge in [-0.15, -0.1) is 0 Å². The van der Waals surface area contributed by atoms with Crippen molar-refractivity contribution in [1.82, 2.24) is 0 Å². The number of hydrogen-bond acceptors (Lipinski definition) is 0. The van der Waals surface area contributed by atoms with Gasteiger partial charge in [0, 0.05) is 5.56 Å². The van der Waals surface area contributed by atoms with E-state index >= 15 is 0 Å². The molecule has 80 valence electrons. The first kappa shape index (κ1) is 12.2. The first-order valence-electron chi connectivity index (χ1n) is 4.90. The van der Waals surface area contributed by atoms with Crippen LogP contribution in [-0.2, 0) is 11.2 Å².